The van der Waals surface area contributed by atoms with Crippen LogP contribution in [-0.4, -0.2) is 52.0 Å². The van der Waals surface area contributed by atoms with Crippen LogP contribution in [0.15, 0.2) is 81.3 Å². The summed E-state index contributed by atoms with van der Waals surface area (Å²) in [6, 6.07) is 17.8. The minimum atomic E-state index is -4.41. The van der Waals surface area contributed by atoms with E-state index < -0.39 is 27.3 Å². The zero-order chi connectivity index (χ0) is 36.3. The smallest absolute Gasteiger partial charge is 0.338 e. The number of hydrogen-bond donors (Lipinski definition) is 1. The summed E-state index contributed by atoms with van der Waals surface area (Å²) in [5.74, 6) is -0.674. The monoisotopic (exact) mass is 720 g/mol. The molecule has 0 aliphatic carbocycles. The molecule has 1 aliphatic rings. The van der Waals surface area contributed by atoms with Crippen molar-refractivity contribution in [2.45, 2.75) is 57.6 Å². The van der Waals surface area contributed by atoms with Crippen LogP contribution in [0.3, 0.4) is 0 Å². The average molecular weight is 721 g/mol. The van der Waals surface area contributed by atoms with Crippen molar-refractivity contribution in [1.82, 2.24) is 4.57 Å². The van der Waals surface area contributed by atoms with Crippen LogP contribution in [0.2, 0.25) is 0 Å². The summed E-state index contributed by atoms with van der Waals surface area (Å²) in [7, 11) is -1.43. The first-order valence-electron chi connectivity index (χ1n) is 16.0. The van der Waals surface area contributed by atoms with Gasteiger partial charge in [0.05, 0.1) is 54.0 Å². The zero-order valence-electron chi connectivity index (χ0n) is 28.9. The highest BCUT2D eigenvalue weighted by molar-refractivity contribution is 7.95. The van der Waals surface area contributed by atoms with E-state index in [2.05, 4.69) is 0 Å². The zero-order valence-corrected chi connectivity index (χ0v) is 30.5. The Morgan fingerprint density at radius 2 is 1.50 bits per heavy atom. The molecule has 13 heteroatoms. The van der Waals surface area contributed by atoms with Crippen molar-refractivity contribution in [3.05, 3.63) is 102 Å². The number of thiazole rings is 1. The molecule has 0 saturated carbocycles. The molecule has 2 heterocycles. The van der Waals surface area contributed by atoms with Crippen LogP contribution in [0.5, 0.6) is 23.0 Å². The second-order valence-corrected chi connectivity index (χ2v) is 14.8. The number of allylic oxidation sites excluding steroid dienone is 1. The van der Waals surface area contributed by atoms with Crippen LogP contribution in [0.1, 0.15) is 51.7 Å². The van der Waals surface area contributed by atoms with Crippen LogP contribution >= 0.6 is 11.3 Å². The van der Waals surface area contributed by atoms with Crippen molar-refractivity contribution in [2.75, 3.05) is 20.8 Å². The number of hydrogen-bond acceptors (Lipinski definition) is 11. The molecular formula is C37H40N2O9S2. The van der Waals surface area contributed by atoms with Crippen molar-refractivity contribution in [3.63, 3.8) is 0 Å². The van der Waals surface area contributed by atoms with Crippen LogP contribution in [-0.2, 0) is 19.4 Å². The highest BCUT2D eigenvalue weighted by Crippen LogP contribution is 2.44. The van der Waals surface area contributed by atoms with E-state index in [1.807, 2.05) is 27.7 Å². The van der Waals surface area contributed by atoms with E-state index in [-0.39, 0.29) is 49.2 Å². The Balaban J connectivity index is 1.87. The number of nitrogens with two attached hydrogens (primary N) is 1. The first-order chi connectivity index (χ1) is 23.8. The maximum Gasteiger partial charge on any atom is 0.338 e. The van der Waals surface area contributed by atoms with Gasteiger partial charge >= 0.3 is 5.97 Å². The lowest BCUT2D eigenvalue weighted by molar-refractivity contribution is -0.136. The summed E-state index contributed by atoms with van der Waals surface area (Å²) >= 11 is 1.000. The summed E-state index contributed by atoms with van der Waals surface area (Å²) in [5.41, 5.74) is 7.06. The van der Waals surface area contributed by atoms with Crippen LogP contribution in [0.25, 0.3) is 17.5 Å². The Bertz CT molecular complexity index is 2240. The topological polar surface area (TPSA) is 145 Å². The van der Waals surface area contributed by atoms with Crippen LogP contribution in [0, 0.1) is 0 Å². The lowest BCUT2D eigenvalue weighted by atomic mass is 9.89. The SMILES string of the molecule is CCOC(=O)C1=c2sc(=Cc3ccc(OC(C)C)c(OC)c3)c(=O)n2C(N)=C(S(=O)(=O)c2ccccc2)C1c1ccc(OC(C)C)c(OC)c1. The molecule has 1 atom stereocenters. The number of rotatable bonds is 12. The van der Waals surface area contributed by atoms with E-state index in [4.69, 9.17) is 29.4 Å². The van der Waals surface area contributed by atoms with E-state index in [1.165, 1.54) is 26.4 Å². The quantitative estimate of drug-likeness (QED) is 0.209. The van der Waals surface area contributed by atoms with Gasteiger partial charge in [0.25, 0.3) is 5.56 Å². The lowest BCUT2D eigenvalue weighted by Gasteiger charge is -2.28. The molecule has 0 radical (unpaired) electrons. The van der Waals surface area contributed by atoms with Crippen molar-refractivity contribution in [3.8, 4) is 23.0 Å². The van der Waals surface area contributed by atoms with Gasteiger partial charge in [0.15, 0.2) is 23.0 Å². The van der Waals surface area contributed by atoms with E-state index in [0.29, 0.717) is 34.1 Å². The number of aromatic nitrogens is 1. The van der Waals surface area contributed by atoms with Crippen molar-refractivity contribution in [2.24, 2.45) is 5.73 Å². The molecule has 11 nitrogen and oxygen atoms in total. The molecule has 5 rings (SSSR count). The van der Waals surface area contributed by atoms with E-state index in [1.54, 1.807) is 67.6 Å². The fraction of sp³-hybridized carbons (Fsp3) is 0.297. The number of methoxy groups -OCH3 is 2. The molecule has 264 valence electrons. The van der Waals surface area contributed by atoms with Crippen molar-refractivity contribution >= 4 is 44.6 Å². The number of sulfone groups is 1. The Morgan fingerprint density at radius 1 is 0.900 bits per heavy atom. The van der Waals surface area contributed by atoms with E-state index in [9.17, 15) is 18.0 Å². The minimum Gasteiger partial charge on any atom is -0.493 e. The second-order valence-electron chi connectivity index (χ2n) is 11.8. The molecule has 50 heavy (non-hydrogen) atoms. The number of nitrogens with zero attached hydrogens (tertiary/aromatic N) is 1. The molecule has 2 N–H and O–H groups in total. The molecule has 1 unspecified atom stereocenters. The van der Waals surface area contributed by atoms with Crippen molar-refractivity contribution in [1.29, 1.82) is 0 Å². The number of carbonyl (C=O) groups is 1. The lowest BCUT2D eigenvalue weighted by Crippen LogP contribution is -2.41. The fourth-order valence-electron chi connectivity index (χ4n) is 5.64. The minimum absolute atomic E-state index is 0.00130. The number of benzene rings is 3. The van der Waals surface area contributed by atoms with Gasteiger partial charge in [0.2, 0.25) is 9.84 Å². The molecule has 0 saturated heterocycles. The number of fused-ring (bicyclic) bond motifs is 1. The Labute approximate surface area is 294 Å². The highest BCUT2D eigenvalue weighted by atomic mass is 32.2. The predicted octanol–water partition coefficient (Wildman–Crippen LogP) is 4.40. The summed E-state index contributed by atoms with van der Waals surface area (Å²) in [5, 5.41) is 0. The average Bonchev–Trinajstić information content (AvgIpc) is 3.40. The van der Waals surface area contributed by atoms with E-state index in [0.717, 1.165) is 15.9 Å². The standard InChI is InChI=1S/C37H40N2O9S2/c1-8-46-37(41)32-31(24-15-17-27(48-22(4)5)29(20-24)45-7)33(50(42,43)25-12-10-9-11-13-25)34(38)39-35(40)30(49-36(32)39)19-23-14-16-26(47-21(2)3)28(18-23)44-6/h9-22,31H,8,38H2,1-7H3. The van der Waals surface area contributed by atoms with Crippen LogP contribution < -0.4 is 39.4 Å². The second kappa shape index (κ2) is 14.9. The first-order valence-corrected chi connectivity index (χ1v) is 18.3. The summed E-state index contributed by atoms with van der Waals surface area (Å²) in [4.78, 5) is 27.8. The van der Waals surface area contributed by atoms with Gasteiger partial charge in [0, 0.05) is 0 Å². The molecule has 1 aromatic heterocycles. The molecule has 0 fully saturated rings. The highest BCUT2D eigenvalue weighted by Gasteiger charge is 2.42. The molecular weight excluding hydrogens is 681 g/mol. The predicted molar refractivity (Wildman–Crippen MR) is 193 cm³/mol. The third-order valence-corrected chi connectivity index (χ3v) is 10.7. The molecule has 0 spiro atoms. The van der Waals surface area contributed by atoms with Gasteiger partial charge in [-0.05, 0) is 88.2 Å². The van der Waals surface area contributed by atoms with Crippen LogP contribution in [0.4, 0.5) is 0 Å². The third kappa shape index (κ3) is 7.01. The van der Waals surface area contributed by atoms with Gasteiger partial charge in [-0.15, -0.1) is 11.3 Å². The van der Waals surface area contributed by atoms with Gasteiger partial charge in [-0.1, -0.05) is 30.3 Å². The van der Waals surface area contributed by atoms with Gasteiger partial charge in [-0.25, -0.2) is 13.2 Å². The number of ether oxygens (including phenoxy) is 5. The molecule has 0 bridgehead atoms. The van der Waals surface area contributed by atoms with Gasteiger partial charge in [0.1, 0.15) is 15.4 Å². The van der Waals surface area contributed by atoms with Crippen molar-refractivity contribution < 1.29 is 36.9 Å². The van der Waals surface area contributed by atoms with Gasteiger partial charge in [-0.3, -0.25) is 9.36 Å². The Hall–Kier alpha value is -5.01. The summed E-state index contributed by atoms with van der Waals surface area (Å²) in [6.45, 7) is 9.17. The fourth-order valence-corrected chi connectivity index (χ4v) is 8.50. The van der Waals surface area contributed by atoms with Gasteiger partial charge in [-0.2, -0.15) is 0 Å². The number of carbonyl (C=O) groups excluding carboxylic acids is 1. The molecule has 1 aliphatic heterocycles. The molecule has 3 aromatic carbocycles. The largest absolute Gasteiger partial charge is 0.493 e. The normalized spacial score (nSPS) is 14.9. The molecule has 0 amide bonds. The maximum atomic E-state index is 14.6. The maximum absolute atomic E-state index is 14.6. The third-order valence-electron chi connectivity index (χ3n) is 7.67. The first kappa shape index (κ1) is 36.3. The Morgan fingerprint density at radius 3 is 2.08 bits per heavy atom. The number of esters is 1. The summed E-state index contributed by atoms with van der Waals surface area (Å²) < 4.78 is 59.0. The Kier molecular flexibility index (Phi) is 10.8. The molecule has 4 aromatic rings. The van der Waals surface area contributed by atoms with Gasteiger partial charge < -0.3 is 29.4 Å². The summed E-state index contributed by atoms with van der Waals surface area (Å²) in [6.07, 6.45) is 1.36. The van der Waals surface area contributed by atoms with E-state index >= 15 is 0 Å².